The van der Waals surface area contributed by atoms with Crippen molar-refractivity contribution in [2.24, 2.45) is 5.84 Å². The summed E-state index contributed by atoms with van der Waals surface area (Å²) in [6.07, 6.45) is 1.62. The maximum absolute atomic E-state index is 10.1. The van der Waals surface area contributed by atoms with E-state index in [0.717, 1.165) is 19.4 Å². The number of aromatic nitrogens is 2. The van der Waals surface area contributed by atoms with E-state index in [4.69, 9.17) is 17.3 Å². The van der Waals surface area contributed by atoms with E-state index in [2.05, 4.69) is 15.4 Å². The maximum atomic E-state index is 10.1. The van der Waals surface area contributed by atoms with Crippen LogP contribution >= 0.6 is 0 Å². The first-order valence-electron chi connectivity index (χ1n) is 5.80. The molecule has 0 amide bonds. The van der Waals surface area contributed by atoms with E-state index in [9.17, 15) is 5.11 Å². The van der Waals surface area contributed by atoms with Crippen LogP contribution in [0.5, 0.6) is 0 Å². The molecule has 0 bridgehead atoms. The molecular weight excluding hydrogens is 234 g/mol. The van der Waals surface area contributed by atoms with Crippen LogP contribution in [0.1, 0.15) is 19.8 Å². The number of nitrogen functional groups attached to an aromatic ring is 3. The molecule has 2 heterocycles. The zero-order valence-electron chi connectivity index (χ0n) is 10.3. The number of hydrazine groups is 1. The van der Waals surface area contributed by atoms with Gasteiger partial charge in [-0.25, -0.2) is 5.84 Å². The largest absolute Gasteiger partial charge is 0.393 e. The minimum absolute atomic E-state index is 0.0948. The predicted molar refractivity (Wildman–Crippen MR) is 70.7 cm³/mol. The molecule has 1 aromatic heterocycles. The second-order valence-corrected chi connectivity index (χ2v) is 4.83. The number of anilines is 4. The van der Waals surface area contributed by atoms with Crippen LogP contribution in [0.15, 0.2) is 0 Å². The van der Waals surface area contributed by atoms with Gasteiger partial charge in [0.25, 0.3) is 0 Å². The monoisotopic (exact) mass is 253 g/mol. The Kier molecular flexibility index (Phi) is 3.14. The first-order chi connectivity index (χ1) is 8.43. The predicted octanol–water partition coefficient (Wildman–Crippen LogP) is -0.722. The Morgan fingerprint density at radius 3 is 2.72 bits per heavy atom. The van der Waals surface area contributed by atoms with E-state index in [1.54, 1.807) is 6.92 Å². The fourth-order valence-electron chi connectivity index (χ4n) is 2.23. The molecule has 8 N–H and O–H groups in total. The lowest BCUT2D eigenvalue weighted by atomic mass is 9.95. The Labute approximate surface area is 105 Å². The number of hydrogen-bond donors (Lipinski definition) is 5. The average molecular weight is 253 g/mol. The molecule has 1 saturated heterocycles. The lowest BCUT2D eigenvalue weighted by Crippen LogP contribution is -2.46. The molecule has 8 nitrogen and oxygen atoms in total. The van der Waals surface area contributed by atoms with E-state index in [1.165, 1.54) is 0 Å². The molecule has 0 radical (unpaired) electrons. The zero-order chi connectivity index (χ0) is 13.3. The Hall–Kier alpha value is -1.80. The number of nitrogens with one attached hydrogen (secondary N) is 1. The summed E-state index contributed by atoms with van der Waals surface area (Å²) in [6.45, 7) is 3.01. The number of hydrogen-bond acceptors (Lipinski definition) is 8. The van der Waals surface area contributed by atoms with Crippen molar-refractivity contribution >= 4 is 23.3 Å². The van der Waals surface area contributed by atoms with Crippen molar-refractivity contribution in [1.82, 2.24) is 9.97 Å². The van der Waals surface area contributed by atoms with Crippen molar-refractivity contribution in [3.63, 3.8) is 0 Å². The molecule has 1 atom stereocenters. The molecule has 0 unspecified atom stereocenters. The Morgan fingerprint density at radius 2 is 2.11 bits per heavy atom. The van der Waals surface area contributed by atoms with Crippen LogP contribution in [0.4, 0.5) is 23.3 Å². The van der Waals surface area contributed by atoms with Gasteiger partial charge >= 0.3 is 0 Å². The number of piperidine rings is 1. The van der Waals surface area contributed by atoms with Gasteiger partial charge in [0.2, 0.25) is 5.95 Å². The fraction of sp³-hybridized carbons (Fsp3) is 0.600. The second-order valence-electron chi connectivity index (χ2n) is 4.83. The SMILES string of the molecule is C[C@]1(O)CCCN(c2nc(N)nc(NN)c2N)C1. The van der Waals surface area contributed by atoms with Gasteiger partial charge in [-0.3, -0.25) is 0 Å². The minimum Gasteiger partial charge on any atom is -0.393 e. The molecule has 2 rings (SSSR count). The maximum Gasteiger partial charge on any atom is 0.224 e. The van der Waals surface area contributed by atoms with Crippen LogP contribution in [0.2, 0.25) is 0 Å². The van der Waals surface area contributed by atoms with E-state index in [-0.39, 0.29) is 5.95 Å². The molecule has 1 fully saturated rings. The first-order valence-corrected chi connectivity index (χ1v) is 5.80. The molecule has 1 aliphatic rings. The number of nitrogens with two attached hydrogens (primary N) is 3. The summed E-state index contributed by atoms with van der Waals surface area (Å²) >= 11 is 0. The van der Waals surface area contributed by atoms with Gasteiger partial charge in [-0.2, -0.15) is 9.97 Å². The topological polar surface area (TPSA) is 139 Å². The summed E-state index contributed by atoms with van der Waals surface area (Å²) in [6, 6.07) is 0. The summed E-state index contributed by atoms with van der Waals surface area (Å²) in [5, 5.41) is 10.1. The van der Waals surface area contributed by atoms with Crippen molar-refractivity contribution < 1.29 is 5.11 Å². The summed E-state index contributed by atoms with van der Waals surface area (Å²) < 4.78 is 0. The van der Waals surface area contributed by atoms with Crippen LogP contribution in [0.3, 0.4) is 0 Å². The Morgan fingerprint density at radius 1 is 1.39 bits per heavy atom. The van der Waals surface area contributed by atoms with Crippen LogP contribution in [-0.4, -0.2) is 33.8 Å². The summed E-state index contributed by atoms with van der Waals surface area (Å²) in [4.78, 5) is 9.93. The molecule has 0 spiro atoms. The fourth-order valence-corrected chi connectivity index (χ4v) is 2.23. The smallest absolute Gasteiger partial charge is 0.224 e. The van der Waals surface area contributed by atoms with E-state index < -0.39 is 5.60 Å². The van der Waals surface area contributed by atoms with Crippen LogP contribution in [0, 0.1) is 0 Å². The molecule has 1 aromatic rings. The van der Waals surface area contributed by atoms with Gasteiger partial charge in [0.1, 0.15) is 5.69 Å². The summed E-state index contributed by atoms with van der Waals surface area (Å²) in [5.41, 5.74) is 13.5. The van der Waals surface area contributed by atoms with Crippen molar-refractivity contribution in [2.75, 3.05) is 34.9 Å². The quantitative estimate of drug-likeness (QED) is 0.343. The van der Waals surface area contributed by atoms with E-state index >= 15 is 0 Å². The molecule has 100 valence electrons. The number of rotatable bonds is 2. The average Bonchev–Trinajstić information content (AvgIpc) is 2.30. The highest BCUT2D eigenvalue weighted by atomic mass is 16.3. The van der Waals surface area contributed by atoms with Gasteiger partial charge in [0.15, 0.2) is 11.6 Å². The van der Waals surface area contributed by atoms with E-state index in [0.29, 0.717) is 23.9 Å². The third-order valence-corrected chi connectivity index (χ3v) is 3.05. The number of nitrogens with zero attached hydrogens (tertiary/aromatic N) is 3. The number of β-amino-alcohol motifs (C(OH)–C–C–N with tert-alkyl or cyclic N) is 1. The standard InChI is InChI=1S/C10H19N7O/c1-10(18)3-2-4-17(5-10)8-6(11)7(16-13)14-9(12)15-8/h18H,2-5,11,13H2,1H3,(H3,12,14,15,16)/t10-/m0/s1. The van der Waals surface area contributed by atoms with Crippen molar-refractivity contribution in [3.8, 4) is 0 Å². The highest BCUT2D eigenvalue weighted by Gasteiger charge is 2.30. The van der Waals surface area contributed by atoms with E-state index in [1.807, 2.05) is 4.90 Å². The normalized spacial score (nSPS) is 24.1. The van der Waals surface area contributed by atoms with Gasteiger partial charge in [0, 0.05) is 13.1 Å². The Bertz CT molecular complexity index is 448. The van der Waals surface area contributed by atoms with Gasteiger partial charge in [-0.15, -0.1) is 0 Å². The second kappa shape index (κ2) is 4.46. The van der Waals surface area contributed by atoms with Crippen LogP contribution in [0.25, 0.3) is 0 Å². The third-order valence-electron chi connectivity index (χ3n) is 3.05. The van der Waals surface area contributed by atoms with Gasteiger partial charge in [-0.05, 0) is 19.8 Å². The molecule has 8 heteroatoms. The third kappa shape index (κ3) is 2.39. The van der Waals surface area contributed by atoms with Crippen LogP contribution in [-0.2, 0) is 0 Å². The highest BCUT2D eigenvalue weighted by molar-refractivity contribution is 5.76. The molecule has 0 aliphatic carbocycles. The van der Waals surface area contributed by atoms with Crippen molar-refractivity contribution in [2.45, 2.75) is 25.4 Å². The molecular formula is C10H19N7O. The molecule has 18 heavy (non-hydrogen) atoms. The first kappa shape index (κ1) is 12.7. The molecule has 0 aromatic carbocycles. The molecule has 1 aliphatic heterocycles. The minimum atomic E-state index is -0.749. The highest BCUT2D eigenvalue weighted by Crippen LogP contribution is 2.31. The molecule has 0 saturated carbocycles. The van der Waals surface area contributed by atoms with Crippen molar-refractivity contribution in [3.05, 3.63) is 0 Å². The summed E-state index contributed by atoms with van der Waals surface area (Å²) in [5.74, 6) is 6.23. The van der Waals surface area contributed by atoms with Crippen LogP contribution < -0.4 is 27.6 Å². The summed E-state index contributed by atoms with van der Waals surface area (Å²) in [7, 11) is 0. The number of aliphatic hydroxyl groups is 1. The van der Waals surface area contributed by atoms with Gasteiger partial charge in [-0.1, -0.05) is 0 Å². The van der Waals surface area contributed by atoms with Crippen molar-refractivity contribution in [1.29, 1.82) is 0 Å². The lowest BCUT2D eigenvalue weighted by molar-refractivity contribution is 0.0447. The lowest BCUT2D eigenvalue weighted by Gasteiger charge is -2.38. The van der Waals surface area contributed by atoms with Gasteiger partial charge in [0.05, 0.1) is 5.60 Å². The Balaban J connectivity index is 2.35. The zero-order valence-corrected chi connectivity index (χ0v) is 10.3. The van der Waals surface area contributed by atoms with Gasteiger partial charge < -0.3 is 26.9 Å².